The average Bonchev–Trinajstić information content (AvgIpc) is 1.82. The van der Waals surface area contributed by atoms with Crippen molar-refractivity contribution in [3.8, 4) is 0 Å². The molecule has 0 spiro atoms. The Hall–Kier alpha value is -0.620. The molecule has 1 fully saturated rings. The second-order valence-corrected chi connectivity index (χ2v) is 2.85. The highest BCUT2D eigenvalue weighted by atomic mass is 32.2. The van der Waals surface area contributed by atoms with E-state index in [-0.39, 0.29) is 6.54 Å². The summed E-state index contributed by atoms with van der Waals surface area (Å²) in [7, 11) is -3.45. The summed E-state index contributed by atoms with van der Waals surface area (Å²) in [6, 6.07) is 0. The van der Waals surface area contributed by atoms with Gasteiger partial charge in [-0.25, -0.2) is 4.72 Å². The summed E-state index contributed by atoms with van der Waals surface area (Å²) in [4.78, 5) is 10.1. The van der Waals surface area contributed by atoms with E-state index in [0.29, 0.717) is 0 Å². The van der Waals surface area contributed by atoms with Crippen LogP contribution >= 0.6 is 0 Å². The van der Waals surface area contributed by atoms with Crippen LogP contribution in [-0.4, -0.2) is 20.9 Å². The number of hydrogen-bond donors (Lipinski definition) is 2. The van der Waals surface area contributed by atoms with Crippen LogP contribution in [0.3, 0.4) is 0 Å². The van der Waals surface area contributed by atoms with Crippen LogP contribution in [0.25, 0.3) is 0 Å². The van der Waals surface area contributed by atoms with E-state index in [2.05, 4.69) is 0 Å². The number of carbonyl (C=O) groups is 1. The Morgan fingerprint density at radius 2 is 2.12 bits per heavy atom. The Morgan fingerprint density at radius 3 is 2.25 bits per heavy atom. The molecule has 1 aliphatic rings. The van der Waals surface area contributed by atoms with Crippen molar-refractivity contribution in [1.82, 2.24) is 9.44 Å². The lowest BCUT2D eigenvalue weighted by Gasteiger charge is -1.85. The Kier molecular flexibility index (Phi) is 0.983. The molecule has 0 aromatic heterocycles. The molecule has 1 aliphatic heterocycles. The number of hydrogen-bond acceptors (Lipinski definition) is 3. The molecule has 1 saturated heterocycles. The lowest BCUT2D eigenvalue weighted by atomic mass is 10.7. The van der Waals surface area contributed by atoms with E-state index in [1.807, 2.05) is 4.72 Å². The quantitative estimate of drug-likeness (QED) is 0.402. The van der Waals surface area contributed by atoms with Gasteiger partial charge < -0.3 is 0 Å². The van der Waals surface area contributed by atoms with Crippen molar-refractivity contribution in [1.29, 1.82) is 0 Å². The highest BCUT2D eigenvalue weighted by molar-refractivity contribution is 7.88. The molecule has 0 aliphatic carbocycles. The predicted octanol–water partition coefficient (Wildman–Crippen LogP) is -2.05. The minimum absolute atomic E-state index is 0.137. The zero-order chi connectivity index (χ0) is 6.20. The molecule has 8 heavy (non-hydrogen) atoms. The van der Waals surface area contributed by atoms with Crippen molar-refractivity contribution in [2.75, 3.05) is 6.54 Å². The van der Waals surface area contributed by atoms with E-state index < -0.39 is 16.1 Å². The van der Waals surface area contributed by atoms with Gasteiger partial charge in [-0.1, -0.05) is 0 Å². The molecule has 5 nitrogen and oxygen atoms in total. The molecular weight excluding hydrogens is 132 g/mol. The Morgan fingerprint density at radius 1 is 1.50 bits per heavy atom. The van der Waals surface area contributed by atoms with Crippen LogP contribution < -0.4 is 9.44 Å². The molecular formula is C2H4N2O3S. The van der Waals surface area contributed by atoms with E-state index in [1.165, 1.54) is 0 Å². The minimum atomic E-state index is -3.45. The lowest BCUT2D eigenvalue weighted by molar-refractivity contribution is -0.117. The number of amides is 1. The number of nitrogens with one attached hydrogen (secondary N) is 2. The Bertz CT molecular complexity index is 205. The molecule has 0 aromatic rings. The molecule has 0 unspecified atom stereocenters. The van der Waals surface area contributed by atoms with Crippen molar-refractivity contribution < 1.29 is 13.2 Å². The summed E-state index contributed by atoms with van der Waals surface area (Å²) >= 11 is 0. The number of rotatable bonds is 0. The zero-order valence-corrected chi connectivity index (χ0v) is 4.66. The summed E-state index contributed by atoms with van der Waals surface area (Å²) in [6.07, 6.45) is 0. The maximum atomic E-state index is 10.2. The normalized spacial score (nSPS) is 25.2. The van der Waals surface area contributed by atoms with Crippen LogP contribution in [-0.2, 0) is 15.0 Å². The Labute approximate surface area is 46.3 Å². The fraction of sp³-hybridized carbons (Fsp3) is 0.500. The second kappa shape index (κ2) is 1.43. The summed E-state index contributed by atoms with van der Waals surface area (Å²) in [6.45, 7) is -0.137. The van der Waals surface area contributed by atoms with Crippen LogP contribution in [0.15, 0.2) is 0 Å². The highest BCUT2D eigenvalue weighted by Gasteiger charge is 2.21. The van der Waals surface area contributed by atoms with Gasteiger partial charge in [0.1, 0.15) is 0 Å². The third kappa shape index (κ3) is 0.958. The SMILES string of the molecule is O=C1CNS(=O)(=O)N1. The lowest BCUT2D eigenvalue weighted by Crippen LogP contribution is -2.24. The Balaban J connectivity index is 2.86. The van der Waals surface area contributed by atoms with E-state index in [9.17, 15) is 13.2 Å². The van der Waals surface area contributed by atoms with Gasteiger partial charge in [0.25, 0.3) is 0 Å². The van der Waals surface area contributed by atoms with Crippen LogP contribution in [0.5, 0.6) is 0 Å². The molecule has 6 heteroatoms. The molecule has 1 heterocycles. The van der Waals surface area contributed by atoms with Crippen molar-refractivity contribution >= 4 is 16.1 Å². The first kappa shape index (κ1) is 5.52. The largest absolute Gasteiger partial charge is 0.301 e. The smallest absolute Gasteiger partial charge is 0.272 e. The molecule has 0 atom stereocenters. The van der Waals surface area contributed by atoms with Crippen LogP contribution in [0.1, 0.15) is 0 Å². The summed E-state index contributed by atoms with van der Waals surface area (Å²) in [5.41, 5.74) is 0. The van der Waals surface area contributed by atoms with Gasteiger partial charge in [-0.05, 0) is 0 Å². The van der Waals surface area contributed by atoms with E-state index in [4.69, 9.17) is 0 Å². The first-order valence-corrected chi connectivity index (χ1v) is 3.39. The van der Waals surface area contributed by atoms with Gasteiger partial charge in [0, 0.05) is 0 Å². The first-order valence-electron chi connectivity index (χ1n) is 1.90. The predicted molar refractivity (Wildman–Crippen MR) is 25.1 cm³/mol. The topological polar surface area (TPSA) is 75.3 Å². The fourth-order valence-electron chi connectivity index (χ4n) is 0.383. The van der Waals surface area contributed by atoms with Gasteiger partial charge >= 0.3 is 10.2 Å². The van der Waals surface area contributed by atoms with Gasteiger partial charge in [-0.3, -0.25) is 4.79 Å². The van der Waals surface area contributed by atoms with Gasteiger partial charge in [0.2, 0.25) is 5.91 Å². The van der Waals surface area contributed by atoms with Gasteiger partial charge in [-0.2, -0.15) is 13.1 Å². The molecule has 1 amide bonds. The van der Waals surface area contributed by atoms with Crippen LogP contribution in [0.4, 0.5) is 0 Å². The maximum Gasteiger partial charge on any atom is 0.301 e. The number of carbonyl (C=O) groups excluding carboxylic acids is 1. The van der Waals surface area contributed by atoms with Crippen LogP contribution in [0, 0.1) is 0 Å². The van der Waals surface area contributed by atoms with Crippen LogP contribution in [0.2, 0.25) is 0 Å². The average molecular weight is 136 g/mol. The third-order valence-corrected chi connectivity index (χ3v) is 1.69. The zero-order valence-electron chi connectivity index (χ0n) is 3.84. The monoisotopic (exact) mass is 136 g/mol. The van der Waals surface area contributed by atoms with Crippen molar-refractivity contribution in [3.05, 3.63) is 0 Å². The summed E-state index contributed by atoms with van der Waals surface area (Å²) in [5.74, 6) is -0.509. The van der Waals surface area contributed by atoms with Gasteiger partial charge in [-0.15, -0.1) is 0 Å². The molecule has 0 radical (unpaired) electrons. The molecule has 0 bridgehead atoms. The molecule has 1 rings (SSSR count). The first-order chi connectivity index (χ1) is 3.60. The van der Waals surface area contributed by atoms with Crippen molar-refractivity contribution in [3.63, 3.8) is 0 Å². The minimum Gasteiger partial charge on any atom is -0.272 e. The second-order valence-electron chi connectivity index (χ2n) is 1.35. The highest BCUT2D eigenvalue weighted by Crippen LogP contribution is 1.83. The fourth-order valence-corrected chi connectivity index (χ4v) is 1.15. The van der Waals surface area contributed by atoms with E-state index in [0.717, 1.165) is 0 Å². The molecule has 0 aromatic carbocycles. The summed E-state index contributed by atoms with van der Waals surface area (Å²) in [5, 5.41) is 0. The van der Waals surface area contributed by atoms with E-state index >= 15 is 0 Å². The third-order valence-electron chi connectivity index (χ3n) is 0.671. The molecule has 0 saturated carbocycles. The van der Waals surface area contributed by atoms with Gasteiger partial charge in [0.15, 0.2) is 0 Å². The standard InChI is InChI=1S/C2H4N2O3S/c5-2-1-3-8(6,7)4-2/h3H,1H2,(H,4,5). The van der Waals surface area contributed by atoms with Gasteiger partial charge in [0.05, 0.1) is 6.54 Å². The summed E-state index contributed by atoms with van der Waals surface area (Å²) < 4.78 is 24.1. The molecule has 2 N–H and O–H groups in total. The maximum absolute atomic E-state index is 10.2. The van der Waals surface area contributed by atoms with Crippen molar-refractivity contribution in [2.24, 2.45) is 0 Å². The molecule has 46 valence electrons. The van der Waals surface area contributed by atoms with Crippen molar-refractivity contribution in [2.45, 2.75) is 0 Å². The van der Waals surface area contributed by atoms with E-state index in [1.54, 1.807) is 4.72 Å².